The first-order valence-corrected chi connectivity index (χ1v) is 4.85. The molecule has 14 heavy (non-hydrogen) atoms. The fourth-order valence-electron chi connectivity index (χ4n) is 2.18. The van der Waals surface area contributed by atoms with Gasteiger partial charge >= 0.3 is 0 Å². The first-order valence-electron chi connectivity index (χ1n) is 4.85. The quantitative estimate of drug-likeness (QED) is 0.639. The third-order valence-corrected chi connectivity index (χ3v) is 2.86. The normalized spacial score (nSPS) is 26.1. The van der Waals surface area contributed by atoms with Gasteiger partial charge in [0.05, 0.1) is 12.1 Å². The maximum atomic E-state index is 9.92. The lowest BCUT2D eigenvalue weighted by molar-refractivity contribution is 0.143. The molecule has 1 heterocycles. The molecule has 3 N–H and O–H groups in total. The van der Waals surface area contributed by atoms with Crippen molar-refractivity contribution in [2.75, 3.05) is 18.5 Å². The summed E-state index contributed by atoms with van der Waals surface area (Å²) >= 11 is 0. The zero-order valence-corrected chi connectivity index (χ0v) is 8.57. The summed E-state index contributed by atoms with van der Waals surface area (Å²) in [5.74, 6) is 0. The van der Waals surface area contributed by atoms with Crippen LogP contribution in [0.25, 0.3) is 0 Å². The van der Waals surface area contributed by atoms with E-state index in [4.69, 9.17) is 5.73 Å². The Morgan fingerprint density at radius 2 is 2.21 bits per heavy atom. The fourth-order valence-corrected chi connectivity index (χ4v) is 2.18. The summed E-state index contributed by atoms with van der Waals surface area (Å²) in [4.78, 5) is 2.11. The Morgan fingerprint density at radius 1 is 1.50 bits per heavy atom. The molecule has 76 valence electrons. The van der Waals surface area contributed by atoms with Gasteiger partial charge in [0.15, 0.2) is 0 Å². The van der Waals surface area contributed by atoms with Crippen molar-refractivity contribution in [3.05, 3.63) is 29.3 Å². The lowest BCUT2D eigenvalue weighted by atomic mass is 9.93. The van der Waals surface area contributed by atoms with E-state index < -0.39 is 6.10 Å². The van der Waals surface area contributed by atoms with E-state index in [2.05, 4.69) is 17.9 Å². The van der Waals surface area contributed by atoms with E-state index in [0.29, 0.717) is 6.54 Å². The number of hydrogen-bond donors (Lipinski definition) is 2. The van der Waals surface area contributed by atoms with Gasteiger partial charge in [-0.2, -0.15) is 0 Å². The van der Waals surface area contributed by atoms with Gasteiger partial charge in [0.25, 0.3) is 0 Å². The van der Waals surface area contributed by atoms with Crippen molar-refractivity contribution >= 4 is 5.69 Å². The van der Waals surface area contributed by atoms with E-state index in [1.54, 1.807) is 0 Å². The van der Waals surface area contributed by atoms with Gasteiger partial charge in [0.1, 0.15) is 0 Å². The van der Waals surface area contributed by atoms with Crippen LogP contribution in [-0.4, -0.2) is 24.7 Å². The van der Waals surface area contributed by atoms with Crippen LogP contribution in [0.3, 0.4) is 0 Å². The average molecular weight is 192 g/mol. The van der Waals surface area contributed by atoms with Gasteiger partial charge in [-0.25, -0.2) is 0 Å². The van der Waals surface area contributed by atoms with Gasteiger partial charge in [-0.05, 0) is 12.5 Å². The molecule has 1 aromatic carbocycles. The predicted molar refractivity (Wildman–Crippen MR) is 57.4 cm³/mol. The molecule has 1 aliphatic rings. The molecular weight excluding hydrogens is 176 g/mol. The number of aryl methyl sites for hydroxylation is 1. The Kier molecular flexibility index (Phi) is 2.21. The number of benzene rings is 1. The van der Waals surface area contributed by atoms with Gasteiger partial charge in [-0.1, -0.05) is 18.2 Å². The second-order valence-corrected chi connectivity index (χ2v) is 4.00. The summed E-state index contributed by atoms with van der Waals surface area (Å²) in [7, 11) is 2.01. The highest BCUT2D eigenvalue weighted by Gasteiger charge is 2.28. The van der Waals surface area contributed by atoms with Crippen LogP contribution in [0.4, 0.5) is 5.69 Å². The Morgan fingerprint density at radius 3 is 2.93 bits per heavy atom. The molecule has 0 unspecified atom stereocenters. The predicted octanol–water partition coefficient (Wildman–Crippen LogP) is 0.806. The van der Waals surface area contributed by atoms with Crippen molar-refractivity contribution in [1.29, 1.82) is 0 Å². The second kappa shape index (κ2) is 3.26. The van der Waals surface area contributed by atoms with Crippen LogP contribution in [0, 0.1) is 6.92 Å². The smallest absolute Gasteiger partial charge is 0.0978 e. The third-order valence-electron chi connectivity index (χ3n) is 2.86. The van der Waals surface area contributed by atoms with E-state index in [-0.39, 0.29) is 6.04 Å². The number of hydrogen-bond acceptors (Lipinski definition) is 3. The van der Waals surface area contributed by atoms with Crippen LogP contribution >= 0.6 is 0 Å². The van der Waals surface area contributed by atoms with Gasteiger partial charge < -0.3 is 15.7 Å². The number of aliphatic hydroxyl groups is 1. The van der Waals surface area contributed by atoms with Crippen molar-refractivity contribution in [3.63, 3.8) is 0 Å². The average Bonchev–Trinajstić information content (AvgIpc) is 2.14. The van der Waals surface area contributed by atoms with E-state index in [0.717, 1.165) is 11.3 Å². The molecule has 0 saturated carbocycles. The third kappa shape index (κ3) is 1.29. The maximum absolute atomic E-state index is 9.92. The molecule has 3 heteroatoms. The number of anilines is 1. The van der Waals surface area contributed by atoms with E-state index >= 15 is 0 Å². The molecule has 2 rings (SSSR count). The minimum atomic E-state index is -0.527. The Hall–Kier alpha value is -1.06. The number of rotatable bonds is 0. The molecule has 2 atom stereocenters. The first kappa shape index (κ1) is 9.49. The summed E-state index contributed by atoms with van der Waals surface area (Å²) in [6.45, 7) is 2.76. The van der Waals surface area contributed by atoms with Crippen LogP contribution in [0.1, 0.15) is 17.2 Å². The van der Waals surface area contributed by atoms with E-state index in [1.807, 2.05) is 19.2 Å². The van der Waals surface area contributed by atoms with Gasteiger partial charge in [0, 0.05) is 24.8 Å². The highest BCUT2D eigenvalue weighted by Crippen LogP contribution is 2.34. The zero-order chi connectivity index (χ0) is 10.3. The Balaban J connectivity index is 2.55. The molecule has 0 radical (unpaired) electrons. The lowest BCUT2D eigenvalue weighted by Gasteiger charge is -2.36. The summed E-state index contributed by atoms with van der Waals surface area (Å²) < 4.78 is 0. The number of nitrogens with zero attached hydrogens (tertiary/aromatic N) is 1. The minimum absolute atomic E-state index is 0.186. The molecule has 0 amide bonds. The largest absolute Gasteiger partial charge is 0.387 e. The van der Waals surface area contributed by atoms with Gasteiger partial charge in [-0.15, -0.1) is 0 Å². The highest BCUT2D eigenvalue weighted by atomic mass is 16.3. The molecule has 0 saturated heterocycles. The first-order chi connectivity index (χ1) is 6.61. The molecule has 1 aromatic rings. The van der Waals surface area contributed by atoms with Crippen LogP contribution in [0.5, 0.6) is 0 Å². The van der Waals surface area contributed by atoms with E-state index in [1.165, 1.54) is 5.56 Å². The summed E-state index contributed by atoms with van der Waals surface area (Å²) in [6.07, 6.45) is -0.527. The number of fused-ring (bicyclic) bond motifs is 1. The monoisotopic (exact) mass is 192 g/mol. The lowest BCUT2D eigenvalue weighted by Crippen LogP contribution is -2.44. The van der Waals surface area contributed by atoms with Crippen molar-refractivity contribution in [3.8, 4) is 0 Å². The molecule has 3 nitrogen and oxygen atoms in total. The molecule has 0 spiro atoms. The molecule has 1 aliphatic heterocycles. The van der Waals surface area contributed by atoms with Gasteiger partial charge in [-0.3, -0.25) is 0 Å². The van der Waals surface area contributed by atoms with Gasteiger partial charge in [0.2, 0.25) is 0 Å². The summed E-state index contributed by atoms with van der Waals surface area (Å²) in [5.41, 5.74) is 9.11. The van der Waals surface area contributed by atoms with Crippen molar-refractivity contribution in [2.24, 2.45) is 5.73 Å². The van der Waals surface area contributed by atoms with Crippen molar-refractivity contribution < 1.29 is 5.11 Å². The Bertz CT molecular complexity index is 351. The van der Waals surface area contributed by atoms with E-state index in [9.17, 15) is 5.11 Å². The standard InChI is InChI=1S/C11H16N2O/c1-7-4-3-5-8-10(7)13(2)6-9(12)11(8)14/h3-5,9,11,14H,6,12H2,1-2H3/t9-,11-/m0/s1. The number of nitrogens with two attached hydrogens (primary N) is 1. The van der Waals surface area contributed by atoms with Crippen LogP contribution in [0.2, 0.25) is 0 Å². The second-order valence-electron chi connectivity index (χ2n) is 4.00. The molecule has 0 aromatic heterocycles. The number of likely N-dealkylation sites (N-methyl/N-ethyl adjacent to an activating group) is 1. The molecular formula is C11H16N2O. The topological polar surface area (TPSA) is 49.5 Å². The minimum Gasteiger partial charge on any atom is -0.387 e. The molecule has 0 fully saturated rings. The van der Waals surface area contributed by atoms with Crippen LogP contribution in [-0.2, 0) is 0 Å². The number of aliphatic hydroxyl groups excluding tert-OH is 1. The van der Waals surface area contributed by atoms with Crippen molar-refractivity contribution in [2.45, 2.75) is 19.1 Å². The SMILES string of the molecule is Cc1cccc2c1N(C)C[C@H](N)[C@H]2O. The van der Waals surface area contributed by atoms with Crippen LogP contribution < -0.4 is 10.6 Å². The number of para-hydroxylation sites is 1. The summed E-state index contributed by atoms with van der Waals surface area (Å²) in [5, 5.41) is 9.92. The zero-order valence-electron chi connectivity index (χ0n) is 8.57. The highest BCUT2D eigenvalue weighted by molar-refractivity contribution is 5.61. The molecule has 0 aliphatic carbocycles. The van der Waals surface area contributed by atoms with Crippen LogP contribution in [0.15, 0.2) is 18.2 Å². The Labute approximate surface area is 84.1 Å². The maximum Gasteiger partial charge on any atom is 0.0978 e. The fraction of sp³-hybridized carbons (Fsp3) is 0.455. The van der Waals surface area contributed by atoms with Crippen molar-refractivity contribution in [1.82, 2.24) is 0 Å². The summed E-state index contributed by atoms with van der Waals surface area (Å²) in [6, 6.07) is 5.78. The molecule has 0 bridgehead atoms.